The molecule has 0 radical (unpaired) electrons. The minimum absolute atomic E-state index is 0.0260. The number of halogens is 2. The maximum atomic E-state index is 13.9. The van der Waals surface area contributed by atoms with Gasteiger partial charge in [-0.3, -0.25) is 19.2 Å². The van der Waals surface area contributed by atoms with Gasteiger partial charge in [-0.15, -0.1) is 0 Å². The van der Waals surface area contributed by atoms with Crippen LogP contribution in [-0.2, 0) is 26.2 Å². The van der Waals surface area contributed by atoms with E-state index in [4.69, 9.17) is 0 Å². The standard InChI is InChI=1S/C22H22F2N2O4S/c1-13-6-7-14(12-26-21(27)16-4-2-3-5-17(16)22(26)28)10-20(13)31(29,30)25-19-11-15(23)8-9-18(19)24/h6-11,16-17,25H,2-5,12H2,1H3/t16-,17+. The van der Waals surface area contributed by atoms with Gasteiger partial charge < -0.3 is 0 Å². The van der Waals surface area contributed by atoms with Gasteiger partial charge in [0.1, 0.15) is 11.6 Å². The number of carbonyl (C=O) groups excluding carboxylic acids is 2. The quantitative estimate of drug-likeness (QED) is 0.707. The van der Waals surface area contributed by atoms with Gasteiger partial charge >= 0.3 is 0 Å². The molecule has 2 atom stereocenters. The van der Waals surface area contributed by atoms with Crippen LogP contribution < -0.4 is 4.72 Å². The fraction of sp³-hybridized carbons (Fsp3) is 0.364. The molecule has 1 saturated heterocycles. The van der Waals surface area contributed by atoms with Crippen molar-refractivity contribution < 1.29 is 26.8 Å². The summed E-state index contributed by atoms with van der Waals surface area (Å²) in [6.07, 6.45) is 3.23. The first kappa shape index (κ1) is 21.4. The number of carbonyl (C=O) groups is 2. The second-order valence-electron chi connectivity index (χ2n) is 8.09. The van der Waals surface area contributed by atoms with Crippen LogP contribution >= 0.6 is 0 Å². The number of hydrogen-bond donors (Lipinski definition) is 1. The number of anilines is 1. The lowest BCUT2D eigenvalue weighted by Gasteiger charge is -2.19. The normalized spacial score (nSPS) is 21.3. The van der Waals surface area contributed by atoms with Crippen LogP contribution in [0.25, 0.3) is 0 Å². The van der Waals surface area contributed by atoms with Crippen LogP contribution in [0.15, 0.2) is 41.3 Å². The molecule has 0 spiro atoms. The van der Waals surface area contributed by atoms with Crippen LogP contribution in [-0.4, -0.2) is 25.1 Å². The molecular weight excluding hydrogens is 426 g/mol. The third kappa shape index (κ3) is 4.06. The Labute approximate surface area is 179 Å². The van der Waals surface area contributed by atoms with Crippen molar-refractivity contribution >= 4 is 27.5 Å². The number of rotatable bonds is 5. The van der Waals surface area contributed by atoms with Crippen molar-refractivity contribution in [1.29, 1.82) is 0 Å². The Bertz CT molecular complexity index is 1140. The molecule has 164 valence electrons. The molecule has 2 fully saturated rings. The number of likely N-dealkylation sites (tertiary alicyclic amines) is 1. The number of imide groups is 1. The lowest BCUT2D eigenvalue weighted by molar-refractivity contribution is -0.140. The Morgan fingerprint density at radius 2 is 1.65 bits per heavy atom. The van der Waals surface area contributed by atoms with Gasteiger partial charge in [0.05, 0.1) is 29.0 Å². The molecule has 4 rings (SSSR count). The van der Waals surface area contributed by atoms with E-state index in [-0.39, 0.29) is 35.1 Å². The largest absolute Gasteiger partial charge is 0.278 e. The lowest BCUT2D eigenvalue weighted by atomic mass is 9.81. The Morgan fingerprint density at radius 1 is 1.00 bits per heavy atom. The summed E-state index contributed by atoms with van der Waals surface area (Å²) in [5.74, 6) is -2.67. The van der Waals surface area contributed by atoms with Crippen molar-refractivity contribution in [1.82, 2.24) is 4.90 Å². The molecule has 1 aliphatic heterocycles. The summed E-state index contributed by atoms with van der Waals surface area (Å²) in [5, 5.41) is 0. The number of fused-ring (bicyclic) bond motifs is 1. The zero-order valence-electron chi connectivity index (χ0n) is 16.9. The van der Waals surface area contributed by atoms with Gasteiger partial charge in [0.15, 0.2) is 0 Å². The molecule has 0 bridgehead atoms. The highest BCUT2D eigenvalue weighted by molar-refractivity contribution is 7.92. The summed E-state index contributed by atoms with van der Waals surface area (Å²) >= 11 is 0. The average Bonchev–Trinajstić information content (AvgIpc) is 2.97. The molecule has 31 heavy (non-hydrogen) atoms. The topological polar surface area (TPSA) is 83.6 Å². The van der Waals surface area contributed by atoms with E-state index in [1.165, 1.54) is 11.0 Å². The fourth-order valence-corrected chi connectivity index (χ4v) is 5.73. The summed E-state index contributed by atoms with van der Waals surface area (Å²) in [7, 11) is -4.23. The number of amides is 2. The van der Waals surface area contributed by atoms with E-state index in [2.05, 4.69) is 4.72 Å². The third-order valence-electron chi connectivity index (χ3n) is 5.99. The first-order chi connectivity index (χ1) is 14.7. The first-order valence-electron chi connectivity index (χ1n) is 10.1. The highest BCUT2D eigenvalue weighted by Gasteiger charge is 2.47. The van der Waals surface area contributed by atoms with Gasteiger partial charge in [-0.2, -0.15) is 0 Å². The van der Waals surface area contributed by atoms with Crippen LogP contribution in [0.2, 0.25) is 0 Å². The Balaban J connectivity index is 1.60. The molecule has 6 nitrogen and oxygen atoms in total. The highest BCUT2D eigenvalue weighted by atomic mass is 32.2. The number of nitrogens with one attached hydrogen (secondary N) is 1. The second kappa shape index (κ2) is 8.03. The molecule has 1 N–H and O–H groups in total. The molecule has 2 aliphatic rings. The number of benzene rings is 2. The number of sulfonamides is 1. The highest BCUT2D eigenvalue weighted by Crippen LogP contribution is 2.38. The maximum Gasteiger partial charge on any atom is 0.262 e. The van der Waals surface area contributed by atoms with Gasteiger partial charge in [0.2, 0.25) is 11.8 Å². The molecule has 2 aromatic rings. The van der Waals surface area contributed by atoms with Crippen LogP contribution in [0.4, 0.5) is 14.5 Å². The minimum atomic E-state index is -4.23. The van der Waals surface area contributed by atoms with E-state index in [1.54, 1.807) is 19.1 Å². The van der Waals surface area contributed by atoms with Crippen molar-refractivity contribution in [3.05, 3.63) is 59.2 Å². The van der Waals surface area contributed by atoms with E-state index in [0.29, 0.717) is 24.0 Å². The Hall–Kier alpha value is -2.81. The van der Waals surface area contributed by atoms with Gasteiger partial charge in [0, 0.05) is 6.07 Å². The molecular formula is C22H22F2N2O4S. The van der Waals surface area contributed by atoms with E-state index >= 15 is 0 Å². The molecule has 1 heterocycles. The van der Waals surface area contributed by atoms with Crippen LogP contribution in [0.5, 0.6) is 0 Å². The number of aryl methyl sites for hydroxylation is 1. The molecule has 2 aromatic carbocycles. The zero-order chi connectivity index (χ0) is 22.3. The SMILES string of the molecule is Cc1ccc(CN2C(=O)[C@H]3CCCC[C@H]3C2=O)cc1S(=O)(=O)Nc1cc(F)ccc1F. The van der Waals surface area contributed by atoms with Gasteiger partial charge in [-0.1, -0.05) is 25.0 Å². The van der Waals surface area contributed by atoms with E-state index in [0.717, 1.165) is 31.0 Å². The lowest BCUT2D eigenvalue weighted by Crippen LogP contribution is -2.30. The molecule has 0 unspecified atom stereocenters. The van der Waals surface area contributed by atoms with Gasteiger partial charge in [-0.05, 0) is 49.1 Å². The predicted octanol–water partition coefficient (Wildman–Crippen LogP) is 3.75. The van der Waals surface area contributed by atoms with Crippen molar-refractivity contribution in [2.24, 2.45) is 11.8 Å². The molecule has 9 heteroatoms. The van der Waals surface area contributed by atoms with Crippen molar-refractivity contribution in [3.8, 4) is 0 Å². The van der Waals surface area contributed by atoms with Crippen LogP contribution in [0.1, 0.15) is 36.8 Å². The summed E-state index contributed by atoms with van der Waals surface area (Å²) in [5.41, 5.74) is 0.352. The monoisotopic (exact) mass is 448 g/mol. The molecule has 0 aromatic heterocycles. The maximum absolute atomic E-state index is 13.9. The van der Waals surface area contributed by atoms with Crippen molar-refractivity contribution in [3.63, 3.8) is 0 Å². The van der Waals surface area contributed by atoms with E-state index in [9.17, 15) is 26.8 Å². The summed E-state index contributed by atoms with van der Waals surface area (Å²) in [6, 6.07) is 7.05. The third-order valence-corrected chi connectivity index (χ3v) is 7.50. The van der Waals surface area contributed by atoms with E-state index in [1.807, 2.05) is 0 Å². The summed E-state index contributed by atoms with van der Waals surface area (Å²) < 4.78 is 55.1. The van der Waals surface area contributed by atoms with E-state index < -0.39 is 27.3 Å². The fourth-order valence-electron chi connectivity index (χ4n) is 4.38. The van der Waals surface area contributed by atoms with Crippen LogP contribution in [0.3, 0.4) is 0 Å². The van der Waals surface area contributed by atoms with Gasteiger partial charge in [-0.25, -0.2) is 17.2 Å². The van der Waals surface area contributed by atoms with Crippen molar-refractivity contribution in [2.45, 2.75) is 44.0 Å². The van der Waals surface area contributed by atoms with Crippen molar-refractivity contribution in [2.75, 3.05) is 4.72 Å². The van der Waals surface area contributed by atoms with Crippen LogP contribution in [0, 0.1) is 30.4 Å². The minimum Gasteiger partial charge on any atom is -0.278 e. The first-order valence-corrected chi connectivity index (χ1v) is 11.6. The Kier molecular flexibility index (Phi) is 5.55. The average molecular weight is 448 g/mol. The smallest absolute Gasteiger partial charge is 0.262 e. The van der Waals surface area contributed by atoms with Gasteiger partial charge in [0.25, 0.3) is 10.0 Å². The predicted molar refractivity (Wildman–Crippen MR) is 109 cm³/mol. The molecule has 1 saturated carbocycles. The molecule has 2 amide bonds. The number of nitrogens with zero attached hydrogens (tertiary/aromatic N) is 1. The Morgan fingerprint density at radius 3 is 2.29 bits per heavy atom. The number of hydrogen-bond acceptors (Lipinski definition) is 4. The summed E-state index contributed by atoms with van der Waals surface area (Å²) in [4.78, 5) is 26.5. The second-order valence-corrected chi connectivity index (χ2v) is 9.74. The molecule has 1 aliphatic carbocycles. The summed E-state index contributed by atoms with van der Waals surface area (Å²) in [6.45, 7) is 1.54. The zero-order valence-corrected chi connectivity index (χ0v) is 17.7.